The standard InChI is InChI=1S/C15H23N3O2S.HI/c1-11(2)21(19,20)9-8-17-15(16)18-14-7-6-12-4-3-5-13(12)10-14;/h6-7,10-11H,3-5,8-9H2,1-2H3,(H3,16,17,18);1H. The Balaban J connectivity index is 0.00000242. The Hall–Kier alpha value is -0.830. The molecule has 22 heavy (non-hydrogen) atoms. The monoisotopic (exact) mass is 437 g/mol. The van der Waals surface area contributed by atoms with E-state index in [9.17, 15) is 8.42 Å². The molecule has 5 nitrogen and oxygen atoms in total. The van der Waals surface area contributed by atoms with Gasteiger partial charge in [0.2, 0.25) is 0 Å². The lowest BCUT2D eigenvalue weighted by atomic mass is 10.1. The number of halogens is 1. The number of fused-ring (bicyclic) bond motifs is 1. The molecule has 0 atom stereocenters. The fraction of sp³-hybridized carbons (Fsp3) is 0.533. The van der Waals surface area contributed by atoms with Gasteiger partial charge in [-0.05, 0) is 56.4 Å². The van der Waals surface area contributed by atoms with Crippen molar-refractivity contribution in [1.29, 1.82) is 0 Å². The van der Waals surface area contributed by atoms with Gasteiger partial charge >= 0.3 is 0 Å². The lowest BCUT2D eigenvalue weighted by Crippen LogP contribution is -2.25. The van der Waals surface area contributed by atoms with Crippen LogP contribution in [0, 0.1) is 0 Å². The number of benzene rings is 1. The summed E-state index contributed by atoms with van der Waals surface area (Å²) in [6.07, 6.45) is 3.45. The highest BCUT2D eigenvalue weighted by Crippen LogP contribution is 2.24. The summed E-state index contributed by atoms with van der Waals surface area (Å²) in [5.41, 5.74) is 9.47. The number of aryl methyl sites for hydroxylation is 2. The minimum Gasteiger partial charge on any atom is -0.370 e. The molecule has 1 aromatic carbocycles. The molecule has 0 unspecified atom stereocenters. The van der Waals surface area contributed by atoms with Gasteiger partial charge in [-0.15, -0.1) is 24.0 Å². The van der Waals surface area contributed by atoms with Crippen LogP contribution >= 0.6 is 24.0 Å². The summed E-state index contributed by atoms with van der Waals surface area (Å²) in [4.78, 5) is 4.08. The highest BCUT2D eigenvalue weighted by molar-refractivity contribution is 14.0. The third-order valence-electron chi connectivity index (χ3n) is 3.75. The molecule has 2 rings (SSSR count). The van der Waals surface area contributed by atoms with Crippen LogP contribution in [0.15, 0.2) is 23.2 Å². The molecule has 1 aliphatic carbocycles. The predicted molar refractivity (Wildman–Crippen MR) is 103 cm³/mol. The van der Waals surface area contributed by atoms with Crippen LogP contribution in [0.25, 0.3) is 0 Å². The Kier molecular flexibility index (Phi) is 7.11. The minimum absolute atomic E-state index is 0. The van der Waals surface area contributed by atoms with E-state index in [4.69, 9.17) is 5.73 Å². The van der Waals surface area contributed by atoms with E-state index in [-0.39, 0.29) is 47.5 Å². The highest BCUT2D eigenvalue weighted by atomic mass is 127. The van der Waals surface area contributed by atoms with Crippen molar-refractivity contribution in [2.75, 3.05) is 17.6 Å². The van der Waals surface area contributed by atoms with Crippen molar-refractivity contribution in [3.8, 4) is 0 Å². The fourth-order valence-corrected chi connectivity index (χ4v) is 3.18. The number of nitrogens with zero attached hydrogens (tertiary/aromatic N) is 1. The lowest BCUT2D eigenvalue weighted by molar-refractivity contribution is 0.587. The maximum absolute atomic E-state index is 11.7. The molecule has 7 heteroatoms. The first-order valence-corrected chi connectivity index (χ1v) is 9.00. The molecule has 0 fully saturated rings. The van der Waals surface area contributed by atoms with Crippen LogP contribution in [-0.2, 0) is 22.7 Å². The highest BCUT2D eigenvalue weighted by Gasteiger charge is 2.15. The zero-order valence-corrected chi connectivity index (χ0v) is 16.1. The van der Waals surface area contributed by atoms with Gasteiger partial charge in [-0.25, -0.2) is 8.42 Å². The second-order valence-electron chi connectivity index (χ2n) is 5.64. The predicted octanol–water partition coefficient (Wildman–Crippen LogP) is 2.34. The van der Waals surface area contributed by atoms with Crippen molar-refractivity contribution in [2.45, 2.75) is 38.4 Å². The quantitative estimate of drug-likeness (QED) is 0.421. The maximum atomic E-state index is 11.7. The molecule has 0 heterocycles. The summed E-state index contributed by atoms with van der Waals surface area (Å²) < 4.78 is 23.3. The molecule has 0 amide bonds. The normalized spacial score (nSPS) is 14.6. The Morgan fingerprint density at radius 2 is 2.00 bits per heavy atom. The van der Waals surface area contributed by atoms with E-state index in [2.05, 4.69) is 22.4 Å². The first kappa shape index (κ1) is 19.2. The number of nitrogens with two attached hydrogens (primary N) is 1. The summed E-state index contributed by atoms with van der Waals surface area (Å²) in [7, 11) is -3.07. The Bertz CT molecular complexity index is 642. The number of aliphatic imine (C=N–C) groups is 1. The molecule has 0 aromatic heterocycles. The van der Waals surface area contributed by atoms with Crippen LogP contribution in [0.1, 0.15) is 31.4 Å². The minimum atomic E-state index is -3.07. The van der Waals surface area contributed by atoms with Gasteiger partial charge < -0.3 is 11.1 Å². The molecule has 124 valence electrons. The number of nitrogens with one attached hydrogen (secondary N) is 1. The van der Waals surface area contributed by atoms with E-state index < -0.39 is 9.84 Å². The average molecular weight is 437 g/mol. The molecule has 3 N–H and O–H groups in total. The van der Waals surface area contributed by atoms with Gasteiger partial charge in [0, 0.05) is 5.69 Å². The van der Waals surface area contributed by atoms with Crippen LogP contribution in [0.3, 0.4) is 0 Å². The Morgan fingerprint density at radius 1 is 1.32 bits per heavy atom. The number of guanidine groups is 1. The van der Waals surface area contributed by atoms with Gasteiger partial charge in [-0.2, -0.15) is 0 Å². The third-order valence-corrected chi connectivity index (χ3v) is 5.94. The summed E-state index contributed by atoms with van der Waals surface area (Å²) in [6.45, 7) is 3.53. The zero-order valence-electron chi connectivity index (χ0n) is 13.0. The summed E-state index contributed by atoms with van der Waals surface area (Å²) >= 11 is 0. The van der Waals surface area contributed by atoms with Crippen LogP contribution in [0.4, 0.5) is 5.69 Å². The van der Waals surface area contributed by atoms with Gasteiger partial charge in [0.1, 0.15) is 0 Å². The number of hydrogen-bond acceptors (Lipinski definition) is 3. The largest absolute Gasteiger partial charge is 0.370 e. The second-order valence-corrected chi connectivity index (χ2v) is 8.32. The molecular formula is C15H24IN3O2S. The Morgan fingerprint density at radius 3 is 2.68 bits per heavy atom. The summed E-state index contributed by atoms with van der Waals surface area (Å²) in [6, 6.07) is 6.19. The van der Waals surface area contributed by atoms with Crippen LogP contribution < -0.4 is 11.1 Å². The van der Waals surface area contributed by atoms with Crippen molar-refractivity contribution >= 4 is 45.5 Å². The molecule has 0 saturated carbocycles. The first-order chi connectivity index (χ1) is 9.88. The number of anilines is 1. The summed E-state index contributed by atoms with van der Waals surface area (Å²) in [5.74, 6) is 0.281. The van der Waals surface area contributed by atoms with E-state index in [1.54, 1.807) is 13.8 Å². The van der Waals surface area contributed by atoms with E-state index in [1.807, 2.05) is 6.07 Å². The van der Waals surface area contributed by atoms with Crippen molar-refractivity contribution in [3.63, 3.8) is 0 Å². The third kappa shape index (κ3) is 5.12. The molecular weight excluding hydrogens is 413 g/mol. The van der Waals surface area contributed by atoms with Crippen molar-refractivity contribution in [2.24, 2.45) is 10.7 Å². The zero-order chi connectivity index (χ0) is 15.5. The smallest absolute Gasteiger partial charge is 0.193 e. The number of rotatable bonds is 5. The SMILES string of the molecule is CC(C)S(=O)(=O)CCN=C(N)Nc1ccc2c(c1)CCC2.I. The molecule has 1 aromatic rings. The van der Waals surface area contributed by atoms with E-state index >= 15 is 0 Å². The topological polar surface area (TPSA) is 84.5 Å². The second kappa shape index (κ2) is 8.14. The van der Waals surface area contributed by atoms with Crippen molar-refractivity contribution < 1.29 is 8.42 Å². The average Bonchev–Trinajstić information content (AvgIpc) is 2.85. The molecule has 1 aliphatic rings. The number of sulfone groups is 1. The van der Waals surface area contributed by atoms with Gasteiger partial charge in [-0.3, -0.25) is 4.99 Å². The van der Waals surface area contributed by atoms with Crippen LogP contribution in [-0.4, -0.2) is 31.9 Å². The maximum Gasteiger partial charge on any atom is 0.193 e. The van der Waals surface area contributed by atoms with Gasteiger partial charge in [0.05, 0.1) is 17.5 Å². The lowest BCUT2D eigenvalue weighted by Gasteiger charge is -2.09. The van der Waals surface area contributed by atoms with Crippen molar-refractivity contribution in [1.82, 2.24) is 0 Å². The van der Waals surface area contributed by atoms with Gasteiger partial charge in [0.15, 0.2) is 15.8 Å². The molecule has 0 bridgehead atoms. The molecule has 0 aliphatic heterocycles. The van der Waals surface area contributed by atoms with E-state index in [0.29, 0.717) is 0 Å². The molecule has 0 spiro atoms. The number of hydrogen-bond donors (Lipinski definition) is 2. The van der Waals surface area contributed by atoms with Crippen LogP contribution in [0.2, 0.25) is 0 Å². The van der Waals surface area contributed by atoms with E-state index in [1.165, 1.54) is 17.5 Å². The fourth-order valence-electron chi connectivity index (χ4n) is 2.37. The molecule has 0 saturated heterocycles. The van der Waals surface area contributed by atoms with Gasteiger partial charge in [-0.1, -0.05) is 6.07 Å². The first-order valence-electron chi connectivity index (χ1n) is 7.29. The molecule has 0 radical (unpaired) electrons. The van der Waals surface area contributed by atoms with Crippen LogP contribution in [0.5, 0.6) is 0 Å². The Labute approximate surface area is 149 Å². The van der Waals surface area contributed by atoms with Crippen molar-refractivity contribution in [3.05, 3.63) is 29.3 Å². The van der Waals surface area contributed by atoms with E-state index in [0.717, 1.165) is 18.5 Å². The summed E-state index contributed by atoms with van der Waals surface area (Å²) in [5, 5.41) is 2.64. The van der Waals surface area contributed by atoms with Gasteiger partial charge in [0.25, 0.3) is 0 Å².